The van der Waals surface area contributed by atoms with Crippen LogP contribution in [0, 0.1) is 0 Å². The largest absolute Gasteiger partial charge is 0.394 e. The number of hydrogen-bond acceptors (Lipinski definition) is 3. The quantitative estimate of drug-likeness (QED) is 0.892. The number of carbonyl (C=O) groups is 1. The number of fused-ring (bicyclic) bond motifs is 2. The van der Waals surface area contributed by atoms with Gasteiger partial charge in [-0.15, -0.1) is 0 Å². The van der Waals surface area contributed by atoms with Crippen molar-refractivity contribution in [3.8, 4) is 0 Å². The summed E-state index contributed by atoms with van der Waals surface area (Å²) in [7, 11) is 0. The zero-order valence-electron chi connectivity index (χ0n) is 10.7. The van der Waals surface area contributed by atoms with Gasteiger partial charge in [-0.1, -0.05) is 30.3 Å². The Kier molecular flexibility index (Phi) is 3.40. The molecule has 2 heterocycles. The summed E-state index contributed by atoms with van der Waals surface area (Å²) in [6.45, 7) is 1.10. The number of nitrogens with zero attached hydrogens (tertiary/aromatic N) is 2. The van der Waals surface area contributed by atoms with E-state index >= 15 is 0 Å². The first-order valence-electron chi connectivity index (χ1n) is 6.67. The maximum absolute atomic E-state index is 12.2. The van der Waals surface area contributed by atoms with Crippen LogP contribution in [0.3, 0.4) is 0 Å². The molecular weight excluding hydrogens is 244 g/mol. The number of benzene rings is 1. The zero-order chi connectivity index (χ0) is 13.2. The maximum atomic E-state index is 12.2. The molecule has 0 aromatic heterocycles. The number of carbonyl (C=O) groups excluding carboxylic acids is 1. The molecule has 0 radical (unpaired) electrons. The van der Waals surface area contributed by atoms with E-state index in [0.29, 0.717) is 13.2 Å². The topological polar surface area (TPSA) is 53.0 Å². The summed E-state index contributed by atoms with van der Waals surface area (Å²) < 4.78 is 0. The van der Waals surface area contributed by atoms with Gasteiger partial charge in [-0.05, 0) is 18.4 Å². The standard InChI is InChI=1S/C14H18N2O3/c17-9-13-7-6-12-8-15(13)14(18)16(12)19-10-11-4-2-1-3-5-11/h1-5,12-13,17H,6-10H2/t12-,13+/m1/s1. The molecule has 102 valence electrons. The minimum atomic E-state index is -0.113. The van der Waals surface area contributed by atoms with Gasteiger partial charge in [0.25, 0.3) is 0 Å². The van der Waals surface area contributed by atoms with Crippen LogP contribution in [0.4, 0.5) is 4.79 Å². The van der Waals surface area contributed by atoms with Crippen LogP contribution in [0.2, 0.25) is 0 Å². The van der Waals surface area contributed by atoms with Gasteiger partial charge >= 0.3 is 6.03 Å². The second-order valence-corrected chi connectivity index (χ2v) is 5.09. The molecule has 5 nitrogen and oxygen atoms in total. The molecule has 2 amide bonds. The van der Waals surface area contributed by atoms with E-state index in [9.17, 15) is 9.90 Å². The van der Waals surface area contributed by atoms with E-state index in [2.05, 4.69) is 0 Å². The lowest BCUT2D eigenvalue weighted by atomic mass is 10.0. The summed E-state index contributed by atoms with van der Waals surface area (Å²) in [4.78, 5) is 19.6. The number of hydroxylamine groups is 2. The summed E-state index contributed by atoms with van der Waals surface area (Å²) >= 11 is 0. The number of hydrogen-bond donors (Lipinski definition) is 1. The van der Waals surface area contributed by atoms with E-state index < -0.39 is 0 Å². The molecule has 2 aliphatic heterocycles. The first-order chi connectivity index (χ1) is 9.29. The molecule has 0 saturated carbocycles. The highest BCUT2D eigenvalue weighted by atomic mass is 16.7. The molecule has 2 bridgehead atoms. The molecule has 5 heteroatoms. The smallest absolute Gasteiger partial charge is 0.344 e. The van der Waals surface area contributed by atoms with Crippen molar-refractivity contribution in [2.45, 2.75) is 31.5 Å². The number of rotatable bonds is 4. The van der Waals surface area contributed by atoms with Crippen molar-refractivity contribution in [3.63, 3.8) is 0 Å². The predicted octanol–water partition coefficient (Wildman–Crippen LogP) is 1.38. The molecular formula is C14H18N2O3. The average Bonchev–Trinajstić information content (AvgIpc) is 2.71. The monoisotopic (exact) mass is 262 g/mol. The molecule has 1 aromatic rings. The summed E-state index contributed by atoms with van der Waals surface area (Å²) in [6, 6.07) is 9.77. The SMILES string of the molecule is O=C1N2C[C@@H](CC[C@H]2CO)N1OCc1ccccc1. The van der Waals surface area contributed by atoms with Gasteiger partial charge in [-0.3, -0.25) is 4.84 Å². The molecule has 2 saturated heterocycles. The number of aliphatic hydroxyl groups excluding tert-OH is 1. The van der Waals surface area contributed by atoms with E-state index in [0.717, 1.165) is 18.4 Å². The first kappa shape index (κ1) is 12.4. The Balaban J connectivity index is 1.64. The normalized spacial score (nSPS) is 26.1. The molecule has 0 aliphatic carbocycles. The van der Waals surface area contributed by atoms with Crippen molar-refractivity contribution >= 4 is 6.03 Å². The van der Waals surface area contributed by atoms with Gasteiger partial charge in [-0.2, -0.15) is 5.06 Å². The highest BCUT2D eigenvalue weighted by Gasteiger charge is 2.45. The van der Waals surface area contributed by atoms with Crippen molar-refractivity contribution in [2.75, 3.05) is 13.2 Å². The predicted molar refractivity (Wildman–Crippen MR) is 69.1 cm³/mol. The summed E-state index contributed by atoms with van der Waals surface area (Å²) in [5, 5.41) is 10.8. The minimum Gasteiger partial charge on any atom is -0.394 e. The van der Waals surface area contributed by atoms with E-state index in [1.54, 1.807) is 4.90 Å². The Hall–Kier alpha value is -1.59. The van der Waals surface area contributed by atoms with Crippen LogP contribution in [0.1, 0.15) is 18.4 Å². The van der Waals surface area contributed by atoms with Crippen LogP contribution in [-0.4, -0.2) is 46.3 Å². The lowest BCUT2D eigenvalue weighted by molar-refractivity contribution is -0.140. The Morgan fingerprint density at radius 1 is 1.26 bits per heavy atom. The molecule has 2 fully saturated rings. The van der Waals surface area contributed by atoms with Gasteiger partial charge in [-0.25, -0.2) is 4.79 Å². The molecule has 19 heavy (non-hydrogen) atoms. The fraction of sp³-hybridized carbons (Fsp3) is 0.500. The number of urea groups is 1. The van der Waals surface area contributed by atoms with Crippen LogP contribution >= 0.6 is 0 Å². The molecule has 0 unspecified atom stereocenters. The Bertz CT molecular complexity index is 451. The van der Waals surface area contributed by atoms with E-state index in [4.69, 9.17) is 4.84 Å². The van der Waals surface area contributed by atoms with Crippen LogP contribution in [0.15, 0.2) is 30.3 Å². The van der Waals surface area contributed by atoms with Crippen LogP contribution in [-0.2, 0) is 11.4 Å². The minimum absolute atomic E-state index is 0.0327. The molecule has 1 N–H and O–H groups in total. The molecule has 2 aliphatic rings. The molecule has 3 rings (SSSR count). The van der Waals surface area contributed by atoms with Gasteiger partial charge in [0.2, 0.25) is 0 Å². The maximum Gasteiger partial charge on any atom is 0.344 e. The number of amides is 2. The molecule has 2 atom stereocenters. The lowest BCUT2D eigenvalue weighted by Crippen LogP contribution is -2.42. The van der Waals surface area contributed by atoms with Gasteiger partial charge in [0.15, 0.2) is 0 Å². The Morgan fingerprint density at radius 3 is 2.79 bits per heavy atom. The third-order valence-corrected chi connectivity index (χ3v) is 3.87. The average molecular weight is 262 g/mol. The van der Waals surface area contributed by atoms with Crippen molar-refractivity contribution in [3.05, 3.63) is 35.9 Å². The summed E-state index contributed by atoms with van der Waals surface area (Å²) in [6.07, 6.45) is 1.74. The third kappa shape index (κ3) is 2.31. The Labute approximate surface area is 112 Å². The Morgan fingerprint density at radius 2 is 2.05 bits per heavy atom. The zero-order valence-corrected chi connectivity index (χ0v) is 10.7. The lowest BCUT2D eigenvalue weighted by Gasteiger charge is -2.28. The highest BCUT2D eigenvalue weighted by molar-refractivity contribution is 5.76. The second kappa shape index (κ2) is 5.19. The van der Waals surface area contributed by atoms with Crippen molar-refractivity contribution in [1.82, 2.24) is 9.96 Å². The fourth-order valence-electron chi connectivity index (χ4n) is 2.79. The number of aliphatic hydroxyl groups is 1. The third-order valence-electron chi connectivity index (χ3n) is 3.87. The molecule has 0 spiro atoms. The fourth-order valence-corrected chi connectivity index (χ4v) is 2.79. The van der Waals surface area contributed by atoms with Gasteiger partial charge in [0.05, 0.1) is 18.7 Å². The van der Waals surface area contributed by atoms with Crippen LogP contribution < -0.4 is 0 Å². The van der Waals surface area contributed by atoms with E-state index in [-0.39, 0.29) is 24.7 Å². The van der Waals surface area contributed by atoms with Crippen LogP contribution in [0.25, 0.3) is 0 Å². The molecule has 1 aromatic carbocycles. The number of piperidine rings is 1. The van der Waals surface area contributed by atoms with E-state index in [1.807, 2.05) is 30.3 Å². The van der Waals surface area contributed by atoms with Crippen LogP contribution in [0.5, 0.6) is 0 Å². The highest BCUT2D eigenvalue weighted by Crippen LogP contribution is 2.30. The summed E-state index contributed by atoms with van der Waals surface area (Å²) in [5.74, 6) is 0. The van der Waals surface area contributed by atoms with Crippen molar-refractivity contribution in [1.29, 1.82) is 0 Å². The van der Waals surface area contributed by atoms with Gasteiger partial charge in [0, 0.05) is 6.54 Å². The summed E-state index contributed by atoms with van der Waals surface area (Å²) in [5.41, 5.74) is 1.05. The van der Waals surface area contributed by atoms with Gasteiger partial charge in [0.1, 0.15) is 6.61 Å². The van der Waals surface area contributed by atoms with E-state index in [1.165, 1.54) is 5.06 Å². The van der Waals surface area contributed by atoms with Crippen molar-refractivity contribution < 1.29 is 14.7 Å². The first-order valence-corrected chi connectivity index (χ1v) is 6.67. The van der Waals surface area contributed by atoms with Crippen molar-refractivity contribution in [2.24, 2.45) is 0 Å². The second-order valence-electron chi connectivity index (χ2n) is 5.09. The van der Waals surface area contributed by atoms with Gasteiger partial charge < -0.3 is 10.0 Å².